The number of hydrogen-bond acceptors (Lipinski definition) is 11. The summed E-state index contributed by atoms with van der Waals surface area (Å²) in [5, 5.41) is 44.3. The van der Waals surface area contributed by atoms with E-state index in [4.69, 9.17) is 24.4 Å². The number of non-ortho nitro benzene ring substituents is 2. The minimum Gasteiger partial charge on any atom is -0.258 e. The summed E-state index contributed by atoms with van der Waals surface area (Å²) >= 11 is 10.6. The van der Waals surface area contributed by atoms with E-state index in [0.717, 1.165) is 0 Å². The number of aromatic amines is 2. The predicted molar refractivity (Wildman–Crippen MR) is 149 cm³/mol. The first-order chi connectivity index (χ1) is 19.3. The molecule has 2 N–H and O–H groups in total. The van der Waals surface area contributed by atoms with Crippen LogP contribution >= 0.6 is 24.4 Å². The summed E-state index contributed by atoms with van der Waals surface area (Å²) in [7, 11) is 0. The van der Waals surface area contributed by atoms with Gasteiger partial charge in [-0.1, -0.05) is 6.07 Å². The van der Waals surface area contributed by atoms with Gasteiger partial charge in [-0.25, -0.2) is 15.2 Å². The maximum Gasteiger partial charge on any atom is 0.269 e. The third-order valence-corrected chi connectivity index (χ3v) is 5.89. The third-order valence-electron chi connectivity index (χ3n) is 5.36. The van der Waals surface area contributed by atoms with Gasteiger partial charge in [0.1, 0.15) is 11.4 Å². The van der Waals surface area contributed by atoms with Crippen molar-refractivity contribution in [1.82, 2.24) is 34.7 Å². The molecule has 3 aromatic heterocycles. The van der Waals surface area contributed by atoms with Gasteiger partial charge in [-0.05, 0) is 72.0 Å². The molecule has 0 unspecified atom stereocenters. The Morgan fingerprint density at radius 2 is 1.10 bits per heavy atom. The van der Waals surface area contributed by atoms with Crippen LogP contribution in [0.1, 0.15) is 11.1 Å². The highest BCUT2D eigenvalue weighted by atomic mass is 32.1. The molecule has 0 amide bonds. The molecule has 40 heavy (non-hydrogen) atoms. The van der Waals surface area contributed by atoms with Gasteiger partial charge in [0.15, 0.2) is 0 Å². The van der Waals surface area contributed by atoms with Gasteiger partial charge in [0.2, 0.25) is 21.2 Å². The lowest BCUT2D eigenvalue weighted by Crippen LogP contribution is -2.00. The van der Waals surface area contributed by atoms with Gasteiger partial charge in [0.25, 0.3) is 11.4 Å². The highest BCUT2D eigenvalue weighted by Gasteiger charge is 2.15. The van der Waals surface area contributed by atoms with E-state index in [9.17, 15) is 20.2 Å². The fourth-order valence-corrected chi connectivity index (χ4v) is 3.78. The molecule has 17 heteroatoms. The summed E-state index contributed by atoms with van der Waals surface area (Å²) in [5.74, 6) is 0.611. The highest BCUT2D eigenvalue weighted by molar-refractivity contribution is 7.71. The molecule has 5 rings (SSSR count). The molecule has 0 aliphatic carbocycles. The van der Waals surface area contributed by atoms with E-state index in [1.807, 2.05) is 0 Å². The standard InChI is InChI=1S/C23H15N11O4S2/c35-33(36)16-8-4-14(5-9-16)12-24-31-20(27-29-22(31)39)18-2-1-3-19(26-18)21-28-30-23(40)32(21)25-13-15-6-10-17(11-7-15)34(37)38/h1-13H,(H,29,39)(H,30,40)/b24-12+,25-13+. The second kappa shape index (κ2) is 11.1. The summed E-state index contributed by atoms with van der Waals surface area (Å²) in [6, 6.07) is 16.9. The lowest BCUT2D eigenvalue weighted by Gasteiger charge is -2.04. The fraction of sp³-hybridized carbons (Fsp3) is 0. The van der Waals surface area contributed by atoms with Gasteiger partial charge in [-0.2, -0.15) is 29.8 Å². The number of hydrogen-bond donors (Lipinski definition) is 2. The van der Waals surface area contributed by atoms with Crippen LogP contribution in [-0.4, -0.2) is 57.0 Å². The second-order valence-corrected chi connectivity index (χ2v) is 8.70. The van der Waals surface area contributed by atoms with Gasteiger partial charge in [0, 0.05) is 24.3 Å². The van der Waals surface area contributed by atoms with Gasteiger partial charge < -0.3 is 0 Å². The van der Waals surface area contributed by atoms with E-state index >= 15 is 0 Å². The molecular formula is C23H15N11O4S2. The van der Waals surface area contributed by atoms with Crippen molar-refractivity contribution in [3.8, 4) is 23.0 Å². The fourth-order valence-electron chi connectivity index (χ4n) is 3.43. The first kappa shape index (κ1) is 26.1. The normalized spacial score (nSPS) is 11.4. The molecule has 0 atom stereocenters. The van der Waals surface area contributed by atoms with Gasteiger partial charge in [-0.15, -0.1) is 0 Å². The van der Waals surface area contributed by atoms with Crippen LogP contribution < -0.4 is 0 Å². The average molecular weight is 574 g/mol. The Kier molecular flexibility index (Phi) is 7.20. The lowest BCUT2D eigenvalue weighted by atomic mass is 10.2. The van der Waals surface area contributed by atoms with Crippen LogP contribution in [0.2, 0.25) is 0 Å². The summed E-state index contributed by atoms with van der Waals surface area (Å²) in [5.41, 5.74) is 1.98. The predicted octanol–water partition coefficient (Wildman–Crippen LogP) is 4.50. The first-order valence-electron chi connectivity index (χ1n) is 11.2. The molecule has 0 fully saturated rings. The van der Waals surface area contributed by atoms with Crippen molar-refractivity contribution in [2.75, 3.05) is 0 Å². The molecule has 3 heterocycles. The van der Waals surface area contributed by atoms with Crippen molar-refractivity contribution < 1.29 is 9.85 Å². The molecule has 0 aliphatic heterocycles. The molecule has 2 aromatic carbocycles. The van der Waals surface area contributed by atoms with Crippen LogP contribution in [0.3, 0.4) is 0 Å². The lowest BCUT2D eigenvalue weighted by molar-refractivity contribution is -0.385. The summed E-state index contributed by atoms with van der Waals surface area (Å²) in [6.07, 6.45) is 2.97. The molecule has 0 bridgehead atoms. The van der Waals surface area contributed by atoms with Crippen molar-refractivity contribution in [2.24, 2.45) is 10.2 Å². The third kappa shape index (κ3) is 5.49. The number of aromatic nitrogens is 7. The van der Waals surface area contributed by atoms with E-state index in [1.54, 1.807) is 42.5 Å². The summed E-state index contributed by atoms with van der Waals surface area (Å²) < 4.78 is 3.14. The Morgan fingerprint density at radius 3 is 1.48 bits per heavy atom. The number of nitro groups is 2. The monoisotopic (exact) mass is 573 g/mol. The zero-order valence-corrected chi connectivity index (χ0v) is 21.6. The Labute approximate surface area is 233 Å². The van der Waals surface area contributed by atoms with Crippen LogP contribution in [0.5, 0.6) is 0 Å². The average Bonchev–Trinajstić information content (AvgIpc) is 3.52. The quantitative estimate of drug-likeness (QED) is 0.116. The first-order valence-corrected chi connectivity index (χ1v) is 12.0. The minimum atomic E-state index is -0.483. The van der Waals surface area contributed by atoms with Crippen LogP contribution in [0.4, 0.5) is 11.4 Å². The van der Waals surface area contributed by atoms with E-state index in [0.29, 0.717) is 34.2 Å². The number of nitrogens with one attached hydrogen (secondary N) is 2. The van der Waals surface area contributed by atoms with Crippen LogP contribution in [0, 0.1) is 29.8 Å². The Bertz CT molecular complexity index is 1770. The number of H-pyrrole nitrogens is 2. The van der Waals surface area contributed by atoms with Crippen molar-refractivity contribution >= 4 is 48.2 Å². The second-order valence-electron chi connectivity index (χ2n) is 7.92. The van der Waals surface area contributed by atoms with Crippen molar-refractivity contribution in [3.05, 3.63) is 108 Å². The Morgan fingerprint density at radius 1 is 0.700 bits per heavy atom. The van der Waals surface area contributed by atoms with Crippen LogP contribution in [-0.2, 0) is 0 Å². The van der Waals surface area contributed by atoms with Gasteiger partial charge >= 0.3 is 0 Å². The number of nitrogens with zero attached hydrogens (tertiary/aromatic N) is 9. The molecule has 15 nitrogen and oxygen atoms in total. The zero-order chi connectivity index (χ0) is 28.2. The maximum absolute atomic E-state index is 10.9. The molecule has 198 valence electrons. The van der Waals surface area contributed by atoms with E-state index in [-0.39, 0.29) is 20.9 Å². The molecule has 0 spiro atoms. The highest BCUT2D eigenvalue weighted by Crippen LogP contribution is 2.21. The van der Waals surface area contributed by atoms with Gasteiger partial charge in [-0.3, -0.25) is 20.2 Å². The molecule has 0 radical (unpaired) electrons. The van der Waals surface area contributed by atoms with Gasteiger partial charge in [0.05, 0.1) is 22.3 Å². The summed E-state index contributed by atoms with van der Waals surface area (Å²) in [6.45, 7) is 0. The smallest absolute Gasteiger partial charge is 0.258 e. The summed E-state index contributed by atoms with van der Waals surface area (Å²) in [4.78, 5) is 25.4. The molecule has 0 saturated carbocycles. The van der Waals surface area contributed by atoms with Crippen LogP contribution in [0.15, 0.2) is 76.9 Å². The Balaban J connectivity index is 1.45. The minimum absolute atomic E-state index is 0.0336. The number of nitro benzene ring substituents is 2. The largest absolute Gasteiger partial charge is 0.269 e. The Hall–Kier alpha value is -5.55. The number of rotatable bonds is 8. The molecular weight excluding hydrogens is 558 g/mol. The van der Waals surface area contributed by atoms with Crippen molar-refractivity contribution in [1.29, 1.82) is 0 Å². The zero-order valence-electron chi connectivity index (χ0n) is 20.0. The molecule has 0 saturated heterocycles. The van der Waals surface area contributed by atoms with E-state index < -0.39 is 9.85 Å². The number of pyridine rings is 1. The maximum atomic E-state index is 10.9. The van der Waals surface area contributed by atoms with Crippen molar-refractivity contribution in [2.45, 2.75) is 0 Å². The van der Waals surface area contributed by atoms with Crippen molar-refractivity contribution in [3.63, 3.8) is 0 Å². The van der Waals surface area contributed by atoms with Crippen LogP contribution in [0.25, 0.3) is 23.0 Å². The molecule has 5 aromatic rings. The SMILES string of the molecule is O=[N+]([O-])c1ccc(/C=N/n2c(-c3cccc(-c4n[nH]c(=S)n4/N=C/c4ccc([N+](=O)[O-])cc4)n3)n[nH]c2=S)cc1. The number of benzene rings is 2. The molecule has 0 aliphatic rings. The topological polar surface area (TPSA) is 191 Å². The van der Waals surface area contributed by atoms with E-state index in [1.165, 1.54) is 46.0 Å². The van der Waals surface area contributed by atoms with E-state index in [2.05, 4.69) is 35.6 Å².